The summed E-state index contributed by atoms with van der Waals surface area (Å²) in [4.78, 5) is 9.85. The van der Waals surface area contributed by atoms with Gasteiger partial charge in [-0.15, -0.1) is 5.01 Å². The van der Waals surface area contributed by atoms with Gasteiger partial charge in [0.05, 0.1) is 13.2 Å². The molecule has 0 saturated carbocycles. The van der Waals surface area contributed by atoms with Crippen LogP contribution < -0.4 is 0 Å². The van der Waals surface area contributed by atoms with E-state index in [-0.39, 0.29) is 0 Å². The highest BCUT2D eigenvalue weighted by Gasteiger charge is 1.97. The van der Waals surface area contributed by atoms with Crippen molar-refractivity contribution in [3.05, 3.63) is 35.0 Å². The highest BCUT2D eigenvalue weighted by Crippen LogP contribution is 1.82. The van der Waals surface area contributed by atoms with Gasteiger partial charge in [-0.25, -0.2) is 10.1 Å². The van der Waals surface area contributed by atoms with E-state index in [0.717, 1.165) is 5.01 Å². The summed E-state index contributed by atoms with van der Waals surface area (Å²) in [5.41, 5.74) is 0. The second kappa shape index (κ2) is 3.65. The van der Waals surface area contributed by atoms with E-state index < -0.39 is 5.03 Å². The van der Waals surface area contributed by atoms with Gasteiger partial charge < -0.3 is 0 Å². The van der Waals surface area contributed by atoms with Crippen LogP contribution in [0, 0.1) is 10.1 Å². The van der Waals surface area contributed by atoms with Crippen molar-refractivity contribution in [2.24, 2.45) is 0 Å². The standard InChI is InChI=1S/C5H8N2O2/c1-3-4-5-6(2)7(8)9/h3-5H,1H2,2H3/b5-4-. The largest absolute Gasteiger partial charge is 0.234 e. The first kappa shape index (κ1) is 7.68. The van der Waals surface area contributed by atoms with Gasteiger partial charge in [0, 0.05) is 0 Å². The molecule has 0 aliphatic rings. The zero-order chi connectivity index (χ0) is 7.28. The lowest BCUT2D eigenvalue weighted by atomic mass is 10.6. The summed E-state index contributed by atoms with van der Waals surface area (Å²) in [5, 5.41) is 10.2. The molecule has 0 spiro atoms. The van der Waals surface area contributed by atoms with Crippen LogP contribution in [0.2, 0.25) is 0 Å². The molecule has 0 saturated heterocycles. The first-order chi connectivity index (χ1) is 4.18. The minimum absolute atomic E-state index is 0.528. The molecule has 0 aromatic carbocycles. The van der Waals surface area contributed by atoms with Gasteiger partial charge >= 0.3 is 0 Å². The minimum Gasteiger partial charge on any atom is -0.234 e. The lowest BCUT2D eigenvalue weighted by molar-refractivity contribution is -0.633. The molecule has 50 valence electrons. The Morgan fingerprint density at radius 1 is 1.78 bits per heavy atom. The van der Waals surface area contributed by atoms with E-state index in [1.165, 1.54) is 25.4 Å². The molecule has 0 unspecified atom stereocenters. The van der Waals surface area contributed by atoms with Gasteiger partial charge in [0.25, 0.3) is 0 Å². The maximum Gasteiger partial charge on any atom is 0.164 e. The molecule has 0 rings (SSSR count). The highest BCUT2D eigenvalue weighted by molar-refractivity contribution is 4.94. The fourth-order valence-electron chi connectivity index (χ4n) is 0.240. The van der Waals surface area contributed by atoms with E-state index in [1.807, 2.05) is 0 Å². The summed E-state index contributed by atoms with van der Waals surface area (Å²) in [5.74, 6) is 0. The molecule has 0 N–H and O–H groups in total. The predicted octanol–water partition coefficient (Wildman–Crippen LogP) is 0.810. The van der Waals surface area contributed by atoms with E-state index in [0.29, 0.717) is 0 Å². The number of hydrazine groups is 1. The molecule has 9 heavy (non-hydrogen) atoms. The first-order valence-electron chi connectivity index (χ1n) is 2.35. The van der Waals surface area contributed by atoms with E-state index in [4.69, 9.17) is 0 Å². The fraction of sp³-hybridized carbons (Fsp3) is 0.200. The smallest absolute Gasteiger partial charge is 0.164 e. The van der Waals surface area contributed by atoms with Crippen molar-refractivity contribution in [1.29, 1.82) is 0 Å². The summed E-state index contributed by atoms with van der Waals surface area (Å²) >= 11 is 0. The third-order valence-electron chi connectivity index (χ3n) is 0.695. The monoisotopic (exact) mass is 128 g/mol. The Morgan fingerprint density at radius 3 is 2.67 bits per heavy atom. The molecule has 0 aliphatic heterocycles. The third kappa shape index (κ3) is 3.28. The lowest BCUT2D eigenvalue weighted by Gasteiger charge is -1.98. The number of allylic oxidation sites excluding steroid dienone is 2. The summed E-state index contributed by atoms with van der Waals surface area (Å²) < 4.78 is 0. The van der Waals surface area contributed by atoms with E-state index in [2.05, 4.69) is 6.58 Å². The lowest BCUT2D eigenvalue weighted by Crippen LogP contribution is -2.17. The molecule has 4 nitrogen and oxygen atoms in total. The van der Waals surface area contributed by atoms with Crippen LogP contribution in [0.25, 0.3) is 0 Å². The molecular weight excluding hydrogens is 120 g/mol. The molecule has 0 heterocycles. The van der Waals surface area contributed by atoms with Gasteiger partial charge in [0.15, 0.2) is 5.03 Å². The first-order valence-corrected chi connectivity index (χ1v) is 2.35. The van der Waals surface area contributed by atoms with Crippen LogP contribution >= 0.6 is 0 Å². The number of nitrogens with zero attached hydrogens (tertiary/aromatic N) is 2. The topological polar surface area (TPSA) is 46.4 Å². The van der Waals surface area contributed by atoms with Crippen molar-refractivity contribution in [1.82, 2.24) is 5.01 Å². The number of rotatable bonds is 3. The van der Waals surface area contributed by atoms with Crippen molar-refractivity contribution in [2.45, 2.75) is 0 Å². The minimum atomic E-state index is -0.528. The van der Waals surface area contributed by atoms with Crippen LogP contribution in [0.1, 0.15) is 0 Å². The maximum atomic E-state index is 9.85. The van der Waals surface area contributed by atoms with Gasteiger partial charge in [-0.3, -0.25) is 0 Å². The summed E-state index contributed by atoms with van der Waals surface area (Å²) in [6.07, 6.45) is 4.27. The molecule has 4 heteroatoms. The van der Waals surface area contributed by atoms with E-state index in [9.17, 15) is 10.1 Å². The Bertz CT molecular complexity index is 142. The van der Waals surface area contributed by atoms with Crippen molar-refractivity contribution in [2.75, 3.05) is 7.05 Å². The maximum absolute atomic E-state index is 9.85. The average molecular weight is 128 g/mol. The van der Waals surface area contributed by atoms with Crippen LogP contribution in [0.15, 0.2) is 24.9 Å². The molecule has 0 atom stereocenters. The molecule has 0 aliphatic carbocycles. The van der Waals surface area contributed by atoms with Crippen LogP contribution in [-0.2, 0) is 0 Å². The fourth-order valence-corrected chi connectivity index (χ4v) is 0.240. The van der Waals surface area contributed by atoms with Crippen molar-refractivity contribution in [3.8, 4) is 0 Å². The van der Waals surface area contributed by atoms with Crippen molar-refractivity contribution >= 4 is 0 Å². The van der Waals surface area contributed by atoms with E-state index in [1.54, 1.807) is 0 Å². The van der Waals surface area contributed by atoms with Crippen LogP contribution in [0.5, 0.6) is 0 Å². The van der Waals surface area contributed by atoms with Crippen molar-refractivity contribution < 1.29 is 5.03 Å². The summed E-state index contributed by atoms with van der Waals surface area (Å²) in [6.45, 7) is 3.36. The summed E-state index contributed by atoms with van der Waals surface area (Å²) in [7, 11) is 1.35. The molecular formula is C5H8N2O2. The average Bonchev–Trinajstić information content (AvgIpc) is 1.82. The van der Waals surface area contributed by atoms with Gasteiger partial charge in [-0.2, -0.15) is 0 Å². The van der Waals surface area contributed by atoms with E-state index >= 15 is 0 Å². The quantitative estimate of drug-likeness (QED) is 0.321. The zero-order valence-electron chi connectivity index (χ0n) is 5.15. The van der Waals surface area contributed by atoms with Gasteiger partial charge in [-0.05, 0) is 6.08 Å². The Morgan fingerprint density at radius 2 is 2.33 bits per heavy atom. The number of hydrogen-bond acceptors (Lipinski definition) is 2. The van der Waals surface area contributed by atoms with Crippen LogP contribution in [0.3, 0.4) is 0 Å². The van der Waals surface area contributed by atoms with Crippen molar-refractivity contribution in [3.63, 3.8) is 0 Å². The Hall–Kier alpha value is -1.32. The van der Waals surface area contributed by atoms with Crippen LogP contribution in [-0.4, -0.2) is 17.1 Å². The Balaban J connectivity index is 3.75. The number of nitro groups is 1. The van der Waals surface area contributed by atoms with Gasteiger partial charge in [-0.1, -0.05) is 12.7 Å². The normalized spacial score (nSPS) is 9.44. The highest BCUT2D eigenvalue weighted by atomic mass is 16.7. The van der Waals surface area contributed by atoms with Crippen LogP contribution in [0.4, 0.5) is 0 Å². The summed E-state index contributed by atoms with van der Waals surface area (Å²) in [6, 6.07) is 0. The second-order valence-corrected chi connectivity index (χ2v) is 1.39. The predicted molar refractivity (Wildman–Crippen MR) is 34.1 cm³/mol. The third-order valence-corrected chi connectivity index (χ3v) is 0.695. The van der Waals surface area contributed by atoms with Gasteiger partial charge in [0.1, 0.15) is 0 Å². The molecule has 0 amide bonds. The molecule has 0 aromatic heterocycles. The SMILES string of the molecule is C=C/C=C\N(C)[N+](=O)[O-]. The Kier molecular flexibility index (Phi) is 3.12. The molecule has 0 bridgehead atoms. The molecule has 0 aromatic rings. The molecule has 0 radical (unpaired) electrons. The zero-order valence-corrected chi connectivity index (χ0v) is 5.15. The Labute approximate surface area is 53.2 Å². The second-order valence-electron chi connectivity index (χ2n) is 1.39. The number of hydrogen-bond donors (Lipinski definition) is 0. The van der Waals surface area contributed by atoms with Gasteiger partial charge in [0.2, 0.25) is 0 Å². The molecule has 0 fully saturated rings.